The summed E-state index contributed by atoms with van der Waals surface area (Å²) in [6.45, 7) is 7.35. The van der Waals surface area contributed by atoms with Crippen molar-refractivity contribution in [3.05, 3.63) is 55.5 Å². The minimum Gasteiger partial charge on any atom is -0.444 e. The van der Waals surface area contributed by atoms with E-state index in [0.29, 0.717) is 31.0 Å². The maximum absolute atomic E-state index is 13.1. The smallest absolute Gasteiger partial charge is 0.410 e. The molecule has 4 heterocycles. The van der Waals surface area contributed by atoms with Gasteiger partial charge in [-0.25, -0.2) is 4.79 Å². The van der Waals surface area contributed by atoms with Gasteiger partial charge >= 0.3 is 6.09 Å². The van der Waals surface area contributed by atoms with Gasteiger partial charge in [0, 0.05) is 35.3 Å². The van der Waals surface area contributed by atoms with E-state index >= 15 is 0 Å². The third-order valence-electron chi connectivity index (χ3n) is 5.33. The number of amides is 1. The summed E-state index contributed by atoms with van der Waals surface area (Å²) >= 11 is 9.03. The van der Waals surface area contributed by atoms with Crippen molar-refractivity contribution in [2.24, 2.45) is 0 Å². The largest absolute Gasteiger partial charge is 0.444 e. The summed E-state index contributed by atoms with van der Waals surface area (Å²) in [4.78, 5) is 28.3. The number of likely N-dealkylation sites (tertiary alicyclic amines) is 1. The molecule has 1 aliphatic heterocycles. The molecule has 3 aromatic rings. The summed E-state index contributed by atoms with van der Waals surface area (Å²) in [6, 6.07) is 7.58. The van der Waals surface area contributed by atoms with Crippen LogP contribution in [0.5, 0.6) is 0 Å². The lowest BCUT2D eigenvalue weighted by Crippen LogP contribution is -2.41. The van der Waals surface area contributed by atoms with E-state index < -0.39 is 5.60 Å². The van der Waals surface area contributed by atoms with Gasteiger partial charge in [-0.15, -0.1) is 11.3 Å². The van der Waals surface area contributed by atoms with Crippen molar-refractivity contribution in [1.82, 2.24) is 14.7 Å². The molecular formula is C23H27ClN4O3S2. The highest BCUT2D eigenvalue weighted by Crippen LogP contribution is 2.31. The average Bonchev–Trinajstić information content (AvgIpc) is 3.52. The van der Waals surface area contributed by atoms with E-state index in [9.17, 15) is 9.59 Å². The van der Waals surface area contributed by atoms with Gasteiger partial charge in [0.25, 0.3) is 5.91 Å². The zero-order chi connectivity index (χ0) is 23.6. The zero-order valence-electron chi connectivity index (χ0n) is 18.8. The number of carbonyl (C=O) groups is 2. The van der Waals surface area contributed by atoms with Crippen LogP contribution >= 0.6 is 34.3 Å². The van der Waals surface area contributed by atoms with E-state index in [1.54, 1.807) is 11.0 Å². The van der Waals surface area contributed by atoms with Gasteiger partial charge in [0.15, 0.2) is 0 Å². The molecule has 1 amide bonds. The van der Waals surface area contributed by atoms with Crippen LogP contribution in [-0.4, -0.2) is 45.4 Å². The Balaban J connectivity index is 1.49. The summed E-state index contributed by atoms with van der Waals surface area (Å²) in [5.41, 5.74) is 0.952. The second-order valence-corrected chi connectivity index (χ2v) is 11.6. The zero-order valence-corrected chi connectivity index (χ0v) is 21.2. The van der Waals surface area contributed by atoms with Crippen molar-refractivity contribution < 1.29 is 14.3 Å². The number of anilines is 1. The minimum absolute atomic E-state index is 0.164. The first-order valence-electron chi connectivity index (χ1n) is 10.8. The van der Waals surface area contributed by atoms with E-state index in [1.165, 1.54) is 27.4 Å². The fraction of sp³-hybridized carbons (Fsp3) is 0.435. The van der Waals surface area contributed by atoms with Crippen LogP contribution in [0, 0.1) is 0 Å². The topological polar surface area (TPSA) is 76.5 Å². The van der Waals surface area contributed by atoms with Gasteiger partial charge < -0.3 is 15.0 Å². The van der Waals surface area contributed by atoms with Crippen molar-refractivity contribution in [2.75, 3.05) is 18.4 Å². The number of aromatic nitrogens is 2. The maximum Gasteiger partial charge on any atom is 0.410 e. The highest BCUT2D eigenvalue weighted by molar-refractivity contribution is 7.16. The lowest BCUT2D eigenvalue weighted by atomic mass is 9.94. The molecule has 3 aromatic heterocycles. The number of hydrogen-bond acceptors (Lipinski definition) is 7. The molecule has 0 aromatic carbocycles. The third kappa shape index (κ3) is 5.96. The summed E-state index contributed by atoms with van der Waals surface area (Å²) in [6.07, 6.45) is 1.25. The molecule has 7 nitrogen and oxygen atoms in total. The molecule has 0 unspecified atom stereocenters. The fourth-order valence-electron chi connectivity index (χ4n) is 3.70. The number of rotatable bonds is 5. The Kier molecular flexibility index (Phi) is 7.11. The summed E-state index contributed by atoms with van der Waals surface area (Å²) in [5, 5.41) is 11.7. The maximum atomic E-state index is 13.1. The van der Waals surface area contributed by atoms with Gasteiger partial charge in [-0.1, -0.05) is 11.6 Å². The number of nitrogens with one attached hydrogen (secondary N) is 1. The van der Waals surface area contributed by atoms with E-state index in [2.05, 4.69) is 10.4 Å². The van der Waals surface area contributed by atoms with Crippen molar-refractivity contribution in [3.8, 4) is 0 Å². The molecule has 1 aliphatic rings. The van der Waals surface area contributed by atoms with Gasteiger partial charge in [0.05, 0.1) is 22.1 Å². The Morgan fingerprint density at radius 1 is 1.24 bits per heavy atom. The number of hydrogen-bond donors (Lipinski definition) is 1. The Labute approximate surface area is 206 Å². The standard InChI is InChI=1S/C23H27ClN4O3S2/c1-23(2,3)31-22(30)27-9-6-15(7-10-27)18-12-20(25-13-17-4-5-19(24)33-17)28(26-18)21(29)16-8-11-32-14-16/h4-5,8,11-12,14-15,25H,6-7,9-10,13H2,1-3H3. The lowest BCUT2D eigenvalue weighted by Gasteiger charge is -2.32. The highest BCUT2D eigenvalue weighted by atomic mass is 35.5. The van der Waals surface area contributed by atoms with Crippen molar-refractivity contribution in [1.29, 1.82) is 0 Å². The highest BCUT2D eigenvalue weighted by Gasteiger charge is 2.29. The van der Waals surface area contributed by atoms with E-state index in [1.807, 2.05) is 49.7 Å². The minimum atomic E-state index is -0.512. The van der Waals surface area contributed by atoms with Crippen molar-refractivity contribution >= 4 is 52.1 Å². The molecule has 4 rings (SSSR count). The molecule has 0 bridgehead atoms. The van der Waals surface area contributed by atoms with E-state index in [-0.39, 0.29) is 17.9 Å². The monoisotopic (exact) mass is 506 g/mol. The van der Waals surface area contributed by atoms with Crippen molar-refractivity contribution in [2.45, 2.75) is 51.7 Å². The molecule has 0 aliphatic carbocycles. The van der Waals surface area contributed by atoms with Crippen LogP contribution < -0.4 is 5.32 Å². The molecule has 1 N–H and O–H groups in total. The van der Waals surface area contributed by atoms with Crippen LogP contribution in [-0.2, 0) is 11.3 Å². The van der Waals surface area contributed by atoms with E-state index in [4.69, 9.17) is 16.3 Å². The molecule has 0 spiro atoms. The number of halogens is 1. The predicted molar refractivity (Wildman–Crippen MR) is 133 cm³/mol. The first-order chi connectivity index (χ1) is 15.7. The molecule has 33 heavy (non-hydrogen) atoms. The van der Waals surface area contributed by atoms with Crippen molar-refractivity contribution in [3.63, 3.8) is 0 Å². The molecule has 0 radical (unpaired) electrons. The van der Waals surface area contributed by atoms with Crippen LogP contribution in [0.25, 0.3) is 0 Å². The SMILES string of the molecule is CC(C)(C)OC(=O)N1CCC(c2cc(NCc3ccc(Cl)s3)n(C(=O)c3ccsc3)n2)CC1. The number of thiophene rings is 2. The average molecular weight is 507 g/mol. The molecular weight excluding hydrogens is 480 g/mol. The van der Waals surface area contributed by atoms with Gasteiger partial charge in [-0.05, 0) is 57.2 Å². The van der Waals surface area contributed by atoms with Gasteiger partial charge in [-0.3, -0.25) is 4.79 Å². The van der Waals surface area contributed by atoms with Gasteiger partial charge in [0.2, 0.25) is 0 Å². The quantitative estimate of drug-likeness (QED) is 0.454. The summed E-state index contributed by atoms with van der Waals surface area (Å²) < 4.78 is 7.68. The molecule has 10 heteroatoms. The van der Waals surface area contributed by atoms with Crippen LogP contribution in [0.15, 0.2) is 35.0 Å². The molecule has 1 saturated heterocycles. The lowest BCUT2D eigenvalue weighted by molar-refractivity contribution is 0.0204. The molecule has 1 fully saturated rings. The number of carbonyl (C=O) groups excluding carboxylic acids is 2. The van der Waals surface area contributed by atoms with E-state index in [0.717, 1.165) is 27.7 Å². The van der Waals surface area contributed by atoms with Crippen LogP contribution in [0.4, 0.5) is 10.6 Å². The normalized spacial score (nSPS) is 15.0. The predicted octanol–water partition coefficient (Wildman–Crippen LogP) is 6.07. The fourth-order valence-corrected chi connectivity index (χ4v) is 5.35. The molecule has 176 valence electrons. The molecule has 0 atom stereocenters. The second-order valence-electron chi connectivity index (χ2n) is 8.98. The Hall–Kier alpha value is -2.36. The van der Waals surface area contributed by atoms with Gasteiger partial charge in [-0.2, -0.15) is 21.1 Å². The number of piperidine rings is 1. The van der Waals surface area contributed by atoms with Crippen LogP contribution in [0.2, 0.25) is 4.34 Å². The Morgan fingerprint density at radius 2 is 2.00 bits per heavy atom. The summed E-state index contributed by atoms with van der Waals surface area (Å²) in [5.74, 6) is 0.651. The van der Waals surface area contributed by atoms with Gasteiger partial charge in [0.1, 0.15) is 11.4 Å². The molecule has 0 saturated carbocycles. The Bertz CT molecular complexity index is 1110. The Morgan fingerprint density at radius 3 is 2.61 bits per heavy atom. The summed E-state index contributed by atoms with van der Waals surface area (Å²) in [7, 11) is 0. The number of ether oxygens (including phenoxy) is 1. The third-order valence-corrected chi connectivity index (χ3v) is 7.24. The first kappa shape index (κ1) is 23.8. The van der Waals surface area contributed by atoms with Crippen LogP contribution in [0.1, 0.15) is 60.5 Å². The number of nitrogens with zero attached hydrogens (tertiary/aromatic N) is 3. The first-order valence-corrected chi connectivity index (χ1v) is 13.0. The second kappa shape index (κ2) is 9.87. The van der Waals surface area contributed by atoms with Crippen LogP contribution in [0.3, 0.4) is 0 Å².